The molecule has 0 aliphatic carbocycles. The number of Topliss-reactive ketones (excluding diaryl/α,β-unsaturated/α-hetero) is 1. The van der Waals surface area contributed by atoms with Crippen LogP contribution in [0.4, 0.5) is 4.39 Å². The van der Waals surface area contributed by atoms with E-state index in [0.29, 0.717) is 11.3 Å². The fourth-order valence-corrected chi connectivity index (χ4v) is 2.12. The Balaban J connectivity index is 2.32. The maximum absolute atomic E-state index is 12.6. The lowest BCUT2D eigenvalue weighted by atomic mass is 10.1. The highest BCUT2D eigenvalue weighted by Crippen LogP contribution is 2.08. The molecule has 0 atom stereocenters. The summed E-state index contributed by atoms with van der Waals surface area (Å²) in [7, 11) is 4.00. The number of rotatable bonds is 6. The van der Waals surface area contributed by atoms with Gasteiger partial charge in [0.1, 0.15) is 5.82 Å². The Kier molecular flexibility index (Phi) is 5.49. The Labute approximate surface area is 99.8 Å². The van der Waals surface area contributed by atoms with Crippen LogP contribution in [0.3, 0.4) is 0 Å². The SMILES string of the molecule is CN(C)CCSCC(=O)c1ccc(F)cc1. The van der Waals surface area contributed by atoms with Crippen molar-refractivity contribution >= 4 is 17.5 Å². The van der Waals surface area contributed by atoms with Gasteiger partial charge in [-0.05, 0) is 38.4 Å². The molecule has 0 heterocycles. The van der Waals surface area contributed by atoms with E-state index in [1.165, 1.54) is 24.3 Å². The van der Waals surface area contributed by atoms with Crippen molar-refractivity contribution in [2.45, 2.75) is 0 Å². The Morgan fingerprint density at radius 3 is 2.50 bits per heavy atom. The second-order valence-electron chi connectivity index (χ2n) is 3.79. The number of thioether (sulfide) groups is 1. The van der Waals surface area contributed by atoms with E-state index in [2.05, 4.69) is 4.90 Å². The first-order chi connectivity index (χ1) is 7.59. The number of ketones is 1. The molecular weight excluding hydrogens is 225 g/mol. The van der Waals surface area contributed by atoms with Crippen molar-refractivity contribution in [3.63, 3.8) is 0 Å². The minimum Gasteiger partial charge on any atom is -0.309 e. The summed E-state index contributed by atoms with van der Waals surface area (Å²) in [6.07, 6.45) is 0. The van der Waals surface area contributed by atoms with Gasteiger partial charge in [0.15, 0.2) is 5.78 Å². The van der Waals surface area contributed by atoms with Crippen LogP contribution in [0.25, 0.3) is 0 Å². The largest absolute Gasteiger partial charge is 0.309 e. The van der Waals surface area contributed by atoms with Crippen LogP contribution < -0.4 is 0 Å². The number of nitrogens with zero attached hydrogens (tertiary/aromatic N) is 1. The summed E-state index contributed by atoms with van der Waals surface area (Å²) in [5, 5.41) is 0. The molecule has 0 N–H and O–H groups in total. The second kappa shape index (κ2) is 6.66. The Morgan fingerprint density at radius 2 is 1.94 bits per heavy atom. The number of halogens is 1. The summed E-state index contributed by atoms with van der Waals surface area (Å²) in [5.74, 6) is 1.14. The van der Waals surface area contributed by atoms with E-state index >= 15 is 0 Å². The van der Waals surface area contributed by atoms with E-state index in [-0.39, 0.29) is 11.6 Å². The van der Waals surface area contributed by atoms with Gasteiger partial charge >= 0.3 is 0 Å². The fraction of sp³-hybridized carbons (Fsp3) is 0.417. The first kappa shape index (κ1) is 13.2. The van der Waals surface area contributed by atoms with Crippen LogP contribution in [0.1, 0.15) is 10.4 Å². The van der Waals surface area contributed by atoms with Crippen molar-refractivity contribution in [3.05, 3.63) is 35.6 Å². The molecule has 4 heteroatoms. The van der Waals surface area contributed by atoms with Crippen molar-refractivity contribution in [1.29, 1.82) is 0 Å². The van der Waals surface area contributed by atoms with Gasteiger partial charge in [-0.2, -0.15) is 11.8 Å². The zero-order valence-electron chi connectivity index (χ0n) is 9.57. The van der Waals surface area contributed by atoms with E-state index in [1.807, 2.05) is 14.1 Å². The summed E-state index contributed by atoms with van der Waals surface area (Å²) in [5.41, 5.74) is 0.582. The molecule has 0 aliphatic rings. The quantitative estimate of drug-likeness (QED) is 0.563. The van der Waals surface area contributed by atoms with Gasteiger partial charge in [0.05, 0.1) is 5.75 Å². The number of carbonyl (C=O) groups excluding carboxylic acids is 1. The molecule has 0 radical (unpaired) electrons. The van der Waals surface area contributed by atoms with Crippen molar-refractivity contribution in [2.24, 2.45) is 0 Å². The first-order valence-corrected chi connectivity index (χ1v) is 6.26. The molecule has 2 nitrogen and oxygen atoms in total. The Morgan fingerprint density at radius 1 is 1.31 bits per heavy atom. The third kappa shape index (κ3) is 4.77. The summed E-state index contributed by atoms with van der Waals surface area (Å²) in [6, 6.07) is 5.70. The van der Waals surface area contributed by atoms with Crippen LogP contribution in [0.15, 0.2) is 24.3 Å². The minimum atomic E-state index is -0.309. The van der Waals surface area contributed by atoms with Crippen LogP contribution in [-0.2, 0) is 0 Å². The maximum Gasteiger partial charge on any atom is 0.172 e. The monoisotopic (exact) mass is 241 g/mol. The average molecular weight is 241 g/mol. The smallest absolute Gasteiger partial charge is 0.172 e. The van der Waals surface area contributed by atoms with E-state index in [0.717, 1.165) is 12.3 Å². The minimum absolute atomic E-state index is 0.0590. The maximum atomic E-state index is 12.6. The molecule has 16 heavy (non-hydrogen) atoms. The lowest BCUT2D eigenvalue weighted by Crippen LogP contribution is -2.15. The molecule has 0 bridgehead atoms. The lowest BCUT2D eigenvalue weighted by Gasteiger charge is -2.08. The van der Waals surface area contributed by atoms with Gasteiger partial charge in [-0.15, -0.1) is 0 Å². The number of carbonyl (C=O) groups is 1. The molecule has 0 saturated heterocycles. The highest BCUT2D eigenvalue weighted by Gasteiger charge is 2.05. The van der Waals surface area contributed by atoms with Crippen molar-refractivity contribution in [3.8, 4) is 0 Å². The van der Waals surface area contributed by atoms with Crippen molar-refractivity contribution in [1.82, 2.24) is 4.90 Å². The van der Waals surface area contributed by atoms with Gasteiger partial charge < -0.3 is 4.90 Å². The van der Waals surface area contributed by atoms with E-state index in [1.54, 1.807) is 11.8 Å². The second-order valence-corrected chi connectivity index (χ2v) is 4.89. The molecule has 0 fully saturated rings. The summed E-state index contributed by atoms with van der Waals surface area (Å²) in [4.78, 5) is 13.7. The van der Waals surface area contributed by atoms with Crippen LogP contribution in [0.5, 0.6) is 0 Å². The van der Waals surface area contributed by atoms with E-state index in [4.69, 9.17) is 0 Å². The van der Waals surface area contributed by atoms with Crippen LogP contribution in [0.2, 0.25) is 0 Å². The summed E-state index contributed by atoms with van der Waals surface area (Å²) in [6.45, 7) is 0.960. The lowest BCUT2D eigenvalue weighted by molar-refractivity contribution is 0.102. The zero-order chi connectivity index (χ0) is 12.0. The molecule has 0 amide bonds. The Bertz CT molecular complexity index is 337. The predicted octanol–water partition coefficient (Wildman–Crippen LogP) is 2.30. The van der Waals surface area contributed by atoms with Gasteiger partial charge in [-0.25, -0.2) is 4.39 Å². The third-order valence-electron chi connectivity index (χ3n) is 2.08. The van der Waals surface area contributed by atoms with Gasteiger partial charge in [0.2, 0.25) is 0 Å². The molecule has 0 unspecified atom stereocenters. The van der Waals surface area contributed by atoms with E-state index < -0.39 is 0 Å². The average Bonchev–Trinajstić information content (AvgIpc) is 2.25. The van der Waals surface area contributed by atoms with Crippen LogP contribution in [0, 0.1) is 5.82 Å². The highest BCUT2D eigenvalue weighted by molar-refractivity contribution is 8.00. The molecule has 1 aromatic rings. The van der Waals surface area contributed by atoms with Crippen LogP contribution in [-0.4, -0.2) is 42.8 Å². The summed E-state index contributed by atoms with van der Waals surface area (Å²) >= 11 is 1.60. The number of hydrogen-bond acceptors (Lipinski definition) is 3. The number of benzene rings is 1. The molecule has 0 saturated carbocycles. The van der Waals surface area contributed by atoms with Crippen molar-refractivity contribution in [2.75, 3.05) is 32.1 Å². The summed E-state index contributed by atoms with van der Waals surface area (Å²) < 4.78 is 12.6. The highest BCUT2D eigenvalue weighted by atomic mass is 32.2. The van der Waals surface area contributed by atoms with Gasteiger partial charge in [0.25, 0.3) is 0 Å². The predicted molar refractivity (Wildman–Crippen MR) is 66.6 cm³/mol. The molecule has 1 aromatic carbocycles. The molecule has 0 aliphatic heterocycles. The molecule has 88 valence electrons. The van der Waals surface area contributed by atoms with Crippen molar-refractivity contribution < 1.29 is 9.18 Å². The van der Waals surface area contributed by atoms with Gasteiger partial charge in [-0.1, -0.05) is 0 Å². The van der Waals surface area contributed by atoms with Gasteiger partial charge in [-0.3, -0.25) is 4.79 Å². The molecule has 0 aromatic heterocycles. The first-order valence-electron chi connectivity index (χ1n) is 5.11. The fourth-order valence-electron chi connectivity index (χ4n) is 1.13. The standard InChI is InChI=1S/C12H16FNOS/c1-14(2)7-8-16-9-12(15)10-3-5-11(13)6-4-10/h3-6H,7-9H2,1-2H3. The number of hydrogen-bond donors (Lipinski definition) is 0. The molecular formula is C12H16FNOS. The Hall–Kier alpha value is -0.870. The topological polar surface area (TPSA) is 20.3 Å². The molecule has 1 rings (SSSR count). The van der Waals surface area contributed by atoms with Crippen LogP contribution >= 0.6 is 11.8 Å². The zero-order valence-corrected chi connectivity index (χ0v) is 10.4. The normalized spacial score (nSPS) is 10.8. The molecule has 0 spiro atoms. The van der Waals surface area contributed by atoms with E-state index in [9.17, 15) is 9.18 Å². The van der Waals surface area contributed by atoms with Gasteiger partial charge in [0, 0.05) is 17.9 Å². The third-order valence-corrected chi connectivity index (χ3v) is 3.02.